The summed E-state index contributed by atoms with van der Waals surface area (Å²) in [7, 11) is 1.64. The Labute approximate surface area is 126 Å². The summed E-state index contributed by atoms with van der Waals surface area (Å²) in [5.41, 5.74) is 10.2. The van der Waals surface area contributed by atoms with E-state index in [4.69, 9.17) is 10.5 Å². The quantitative estimate of drug-likeness (QED) is 0.845. The standard InChI is InChI=1S/C14H16IN3O/c1-8-5-4-6-10(9(8)2)14-17-11(7-19-3)12(15)13(16)18-14/h4-6H,7H2,1-3H3,(H2,16,17,18). The molecule has 4 nitrogen and oxygen atoms in total. The number of methoxy groups -OCH3 is 1. The van der Waals surface area contributed by atoms with Crippen LogP contribution in [0.15, 0.2) is 18.2 Å². The van der Waals surface area contributed by atoms with E-state index in [1.807, 2.05) is 12.1 Å². The van der Waals surface area contributed by atoms with Gasteiger partial charge >= 0.3 is 0 Å². The number of aromatic nitrogens is 2. The average Bonchev–Trinajstić information content (AvgIpc) is 2.38. The van der Waals surface area contributed by atoms with Crippen LogP contribution in [0.4, 0.5) is 5.82 Å². The molecule has 0 unspecified atom stereocenters. The third kappa shape index (κ3) is 2.87. The zero-order chi connectivity index (χ0) is 14.0. The lowest BCUT2D eigenvalue weighted by Gasteiger charge is -2.11. The Bertz CT molecular complexity index is 614. The molecule has 0 amide bonds. The van der Waals surface area contributed by atoms with Crippen molar-refractivity contribution in [2.75, 3.05) is 12.8 Å². The Kier molecular flexibility index (Phi) is 4.36. The number of hydrogen-bond acceptors (Lipinski definition) is 4. The Balaban J connectivity index is 2.59. The zero-order valence-electron chi connectivity index (χ0n) is 11.2. The molecule has 2 N–H and O–H groups in total. The largest absolute Gasteiger partial charge is 0.383 e. The molecule has 0 aliphatic heterocycles. The summed E-state index contributed by atoms with van der Waals surface area (Å²) in [5, 5.41) is 0. The molecule has 0 radical (unpaired) electrons. The van der Waals surface area contributed by atoms with Crippen LogP contribution in [0.25, 0.3) is 11.4 Å². The van der Waals surface area contributed by atoms with Crippen LogP contribution in [0, 0.1) is 17.4 Å². The van der Waals surface area contributed by atoms with Gasteiger partial charge in [0, 0.05) is 12.7 Å². The molecule has 1 aromatic carbocycles. The molecule has 1 heterocycles. The Hall–Kier alpha value is -1.21. The normalized spacial score (nSPS) is 10.7. The summed E-state index contributed by atoms with van der Waals surface area (Å²) >= 11 is 2.15. The van der Waals surface area contributed by atoms with Gasteiger partial charge in [0.15, 0.2) is 5.82 Å². The molecule has 0 aliphatic rings. The number of aryl methyl sites for hydroxylation is 1. The van der Waals surface area contributed by atoms with E-state index in [-0.39, 0.29) is 0 Å². The second-order valence-electron chi connectivity index (χ2n) is 4.37. The molecule has 0 saturated heterocycles. The van der Waals surface area contributed by atoms with Crippen molar-refractivity contribution in [3.8, 4) is 11.4 Å². The first-order valence-electron chi connectivity index (χ1n) is 5.92. The molecule has 0 saturated carbocycles. The van der Waals surface area contributed by atoms with Crippen LogP contribution in [0.3, 0.4) is 0 Å². The third-order valence-corrected chi connectivity index (χ3v) is 4.25. The molecule has 0 bridgehead atoms. The molecular weight excluding hydrogens is 353 g/mol. The smallest absolute Gasteiger partial charge is 0.162 e. The molecule has 2 aromatic rings. The molecule has 19 heavy (non-hydrogen) atoms. The number of anilines is 1. The van der Waals surface area contributed by atoms with E-state index in [1.165, 1.54) is 11.1 Å². The SMILES string of the molecule is COCc1nc(-c2cccc(C)c2C)nc(N)c1I. The summed E-state index contributed by atoms with van der Waals surface area (Å²) in [5.74, 6) is 1.16. The van der Waals surface area contributed by atoms with E-state index < -0.39 is 0 Å². The minimum atomic E-state index is 0.433. The summed E-state index contributed by atoms with van der Waals surface area (Å²) in [4.78, 5) is 8.96. The molecule has 0 aliphatic carbocycles. The summed E-state index contributed by atoms with van der Waals surface area (Å²) < 4.78 is 6.01. The van der Waals surface area contributed by atoms with Crippen LogP contribution in [0.2, 0.25) is 0 Å². The topological polar surface area (TPSA) is 61.0 Å². The highest BCUT2D eigenvalue weighted by molar-refractivity contribution is 14.1. The highest BCUT2D eigenvalue weighted by atomic mass is 127. The summed E-state index contributed by atoms with van der Waals surface area (Å²) in [6, 6.07) is 6.09. The lowest BCUT2D eigenvalue weighted by Crippen LogP contribution is -2.06. The van der Waals surface area contributed by atoms with Crippen molar-refractivity contribution < 1.29 is 4.74 Å². The molecule has 5 heteroatoms. The van der Waals surface area contributed by atoms with Gasteiger partial charge in [-0.3, -0.25) is 0 Å². The number of benzene rings is 1. The van der Waals surface area contributed by atoms with E-state index in [2.05, 4.69) is 52.5 Å². The number of rotatable bonds is 3. The maximum Gasteiger partial charge on any atom is 0.162 e. The van der Waals surface area contributed by atoms with Crippen molar-refractivity contribution in [1.82, 2.24) is 9.97 Å². The van der Waals surface area contributed by atoms with Gasteiger partial charge in [-0.1, -0.05) is 18.2 Å². The monoisotopic (exact) mass is 369 g/mol. The van der Waals surface area contributed by atoms with Crippen LogP contribution in [-0.4, -0.2) is 17.1 Å². The van der Waals surface area contributed by atoms with Crippen molar-refractivity contribution in [3.05, 3.63) is 38.6 Å². The predicted octanol–water partition coefficient (Wildman–Crippen LogP) is 3.09. The van der Waals surface area contributed by atoms with E-state index >= 15 is 0 Å². The minimum absolute atomic E-state index is 0.433. The van der Waals surface area contributed by atoms with Crippen molar-refractivity contribution in [2.45, 2.75) is 20.5 Å². The highest BCUT2D eigenvalue weighted by Gasteiger charge is 2.13. The van der Waals surface area contributed by atoms with Crippen molar-refractivity contribution in [2.24, 2.45) is 0 Å². The maximum atomic E-state index is 5.96. The zero-order valence-corrected chi connectivity index (χ0v) is 13.4. The minimum Gasteiger partial charge on any atom is -0.383 e. The van der Waals surface area contributed by atoms with E-state index in [0.29, 0.717) is 18.2 Å². The maximum absolute atomic E-state index is 5.96. The first kappa shape index (κ1) is 14.2. The average molecular weight is 369 g/mol. The predicted molar refractivity (Wildman–Crippen MR) is 84.8 cm³/mol. The highest BCUT2D eigenvalue weighted by Crippen LogP contribution is 2.26. The number of halogens is 1. The van der Waals surface area contributed by atoms with Crippen LogP contribution in [0.1, 0.15) is 16.8 Å². The molecule has 2 rings (SSSR count). The van der Waals surface area contributed by atoms with Gasteiger partial charge in [-0.2, -0.15) is 0 Å². The molecular formula is C14H16IN3O. The number of nitrogens with zero attached hydrogens (tertiary/aromatic N) is 2. The Morgan fingerprint density at radius 2 is 2.00 bits per heavy atom. The lowest BCUT2D eigenvalue weighted by atomic mass is 10.0. The number of nitrogens with two attached hydrogens (primary N) is 1. The number of nitrogen functional groups attached to an aromatic ring is 1. The Morgan fingerprint density at radius 3 is 2.68 bits per heavy atom. The van der Waals surface area contributed by atoms with Gasteiger partial charge in [0.25, 0.3) is 0 Å². The van der Waals surface area contributed by atoms with Gasteiger partial charge < -0.3 is 10.5 Å². The number of hydrogen-bond donors (Lipinski definition) is 1. The van der Waals surface area contributed by atoms with Crippen molar-refractivity contribution in [3.63, 3.8) is 0 Å². The van der Waals surface area contributed by atoms with E-state index in [1.54, 1.807) is 7.11 Å². The molecule has 100 valence electrons. The van der Waals surface area contributed by atoms with Gasteiger partial charge in [0.1, 0.15) is 5.82 Å². The second-order valence-corrected chi connectivity index (χ2v) is 5.45. The van der Waals surface area contributed by atoms with Gasteiger partial charge in [-0.15, -0.1) is 0 Å². The van der Waals surface area contributed by atoms with Crippen LogP contribution in [0.5, 0.6) is 0 Å². The molecule has 0 spiro atoms. The fraction of sp³-hybridized carbons (Fsp3) is 0.286. The van der Waals surface area contributed by atoms with Crippen molar-refractivity contribution >= 4 is 28.4 Å². The lowest BCUT2D eigenvalue weighted by molar-refractivity contribution is 0.181. The first-order chi connectivity index (χ1) is 9.04. The van der Waals surface area contributed by atoms with Gasteiger partial charge in [-0.05, 0) is 47.6 Å². The summed E-state index contributed by atoms with van der Waals surface area (Å²) in [6.07, 6.45) is 0. The van der Waals surface area contributed by atoms with E-state index in [9.17, 15) is 0 Å². The summed E-state index contributed by atoms with van der Waals surface area (Å²) in [6.45, 7) is 4.58. The third-order valence-electron chi connectivity index (χ3n) is 3.07. The van der Waals surface area contributed by atoms with E-state index in [0.717, 1.165) is 14.8 Å². The molecule has 0 atom stereocenters. The number of ether oxygens (including phenoxy) is 1. The fourth-order valence-corrected chi connectivity index (χ4v) is 2.26. The van der Waals surface area contributed by atoms with Crippen LogP contribution < -0.4 is 5.73 Å². The fourth-order valence-electron chi connectivity index (χ4n) is 1.86. The van der Waals surface area contributed by atoms with Gasteiger partial charge in [0.05, 0.1) is 15.9 Å². The van der Waals surface area contributed by atoms with Crippen LogP contribution in [-0.2, 0) is 11.3 Å². The van der Waals surface area contributed by atoms with Crippen molar-refractivity contribution in [1.29, 1.82) is 0 Å². The van der Waals surface area contributed by atoms with Gasteiger partial charge in [0.2, 0.25) is 0 Å². The Morgan fingerprint density at radius 1 is 1.26 bits per heavy atom. The molecule has 0 fully saturated rings. The second kappa shape index (κ2) is 5.83. The first-order valence-corrected chi connectivity index (χ1v) is 7.00. The molecule has 1 aromatic heterocycles. The van der Waals surface area contributed by atoms with Gasteiger partial charge in [-0.25, -0.2) is 9.97 Å². The van der Waals surface area contributed by atoms with Crippen LogP contribution >= 0.6 is 22.6 Å².